The van der Waals surface area contributed by atoms with Crippen LogP contribution in [0.3, 0.4) is 0 Å². The van der Waals surface area contributed by atoms with Crippen LogP contribution < -0.4 is 5.32 Å². The van der Waals surface area contributed by atoms with Crippen molar-refractivity contribution in [2.45, 2.75) is 13.0 Å². The molecule has 2 aromatic rings. The van der Waals surface area contributed by atoms with Gasteiger partial charge in [0.2, 0.25) is 0 Å². The Kier molecular flexibility index (Phi) is 4.93. The molecule has 3 heterocycles. The van der Waals surface area contributed by atoms with Crippen LogP contribution in [0.15, 0.2) is 30.6 Å². The predicted octanol–water partition coefficient (Wildman–Crippen LogP) is 1.76. The topological polar surface area (TPSA) is 42.7 Å². The number of rotatable bonds is 1. The van der Waals surface area contributed by atoms with E-state index < -0.39 is 0 Å². The van der Waals surface area contributed by atoms with E-state index in [1.807, 2.05) is 22.9 Å². The highest BCUT2D eigenvalue weighted by atomic mass is 35.5. The summed E-state index contributed by atoms with van der Waals surface area (Å²) >= 11 is 0. The van der Waals surface area contributed by atoms with Crippen LogP contribution in [-0.4, -0.2) is 21.3 Å². The third kappa shape index (κ3) is 2.77. The molecule has 6 heteroatoms. The molecule has 0 fully saturated rings. The van der Waals surface area contributed by atoms with E-state index in [0.717, 1.165) is 25.3 Å². The predicted molar refractivity (Wildman–Crippen MR) is 71.3 cm³/mol. The van der Waals surface area contributed by atoms with Crippen molar-refractivity contribution in [2.75, 3.05) is 6.54 Å². The smallest absolute Gasteiger partial charge is 0.153 e. The lowest BCUT2D eigenvalue weighted by atomic mass is 10.1. The number of hydrogen-bond acceptors (Lipinski definition) is 3. The summed E-state index contributed by atoms with van der Waals surface area (Å²) in [6.07, 6.45) is 4.85. The first-order valence-electron chi connectivity index (χ1n) is 5.13. The zero-order valence-electron chi connectivity index (χ0n) is 9.17. The Morgan fingerprint density at radius 3 is 2.82 bits per heavy atom. The van der Waals surface area contributed by atoms with Gasteiger partial charge < -0.3 is 5.32 Å². The summed E-state index contributed by atoms with van der Waals surface area (Å²) in [5, 5.41) is 7.87. The maximum absolute atomic E-state index is 4.54. The van der Waals surface area contributed by atoms with Gasteiger partial charge in [0.05, 0.1) is 5.69 Å². The quantitative estimate of drug-likeness (QED) is 0.861. The zero-order chi connectivity index (χ0) is 10.1. The highest BCUT2D eigenvalue weighted by Gasteiger charge is 2.13. The lowest BCUT2D eigenvalue weighted by Crippen LogP contribution is -2.22. The normalized spacial score (nSPS) is 13.2. The largest absolute Gasteiger partial charge is 0.312 e. The van der Waals surface area contributed by atoms with Gasteiger partial charge in [-0.1, -0.05) is 6.07 Å². The molecule has 0 radical (unpaired) electrons. The number of halogens is 2. The molecular formula is C11H14Cl2N4. The van der Waals surface area contributed by atoms with Crippen molar-refractivity contribution in [3.05, 3.63) is 41.9 Å². The Hall–Kier alpha value is -1.10. The summed E-state index contributed by atoms with van der Waals surface area (Å²) in [5.74, 6) is 0.881. The van der Waals surface area contributed by atoms with Gasteiger partial charge in [-0.15, -0.1) is 24.8 Å². The van der Waals surface area contributed by atoms with Gasteiger partial charge in [-0.05, 0) is 12.1 Å². The third-order valence-electron chi connectivity index (χ3n) is 2.62. The van der Waals surface area contributed by atoms with Crippen molar-refractivity contribution in [1.82, 2.24) is 20.1 Å². The standard InChI is InChI=1S/C11H12N4.2ClH/c1-2-5-13-11(3-1)15-8-9-7-12-6-4-10(9)14-15;;/h1-3,5,8,12H,4,6-7H2;2*1H. The van der Waals surface area contributed by atoms with Gasteiger partial charge in [0.1, 0.15) is 0 Å². The fourth-order valence-corrected chi connectivity index (χ4v) is 1.84. The van der Waals surface area contributed by atoms with Gasteiger partial charge in [0.15, 0.2) is 5.82 Å². The maximum Gasteiger partial charge on any atom is 0.153 e. The summed E-state index contributed by atoms with van der Waals surface area (Å²) in [6.45, 7) is 1.94. The van der Waals surface area contributed by atoms with Gasteiger partial charge in [-0.2, -0.15) is 5.10 Å². The third-order valence-corrected chi connectivity index (χ3v) is 2.62. The van der Waals surface area contributed by atoms with Gasteiger partial charge in [-0.3, -0.25) is 0 Å². The molecule has 2 aromatic heterocycles. The van der Waals surface area contributed by atoms with Crippen LogP contribution in [0.1, 0.15) is 11.3 Å². The minimum absolute atomic E-state index is 0. The van der Waals surface area contributed by atoms with Crippen molar-refractivity contribution in [3.63, 3.8) is 0 Å². The van der Waals surface area contributed by atoms with E-state index in [-0.39, 0.29) is 24.8 Å². The minimum atomic E-state index is 0. The molecule has 0 aliphatic carbocycles. The number of aromatic nitrogens is 3. The Labute approximate surface area is 112 Å². The number of nitrogens with one attached hydrogen (secondary N) is 1. The summed E-state index contributed by atoms with van der Waals surface area (Å²) in [6, 6.07) is 5.85. The lowest BCUT2D eigenvalue weighted by molar-refractivity contribution is 0.635. The van der Waals surface area contributed by atoms with Crippen molar-refractivity contribution >= 4 is 24.8 Å². The van der Waals surface area contributed by atoms with Crippen LogP contribution in [0.4, 0.5) is 0 Å². The molecule has 3 rings (SSSR count). The number of nitrogens with zero attached hydrogens (tertiary/aromatic N) is 3. The molecule has 1 aliphatic rings. The van der Waals surface area contributed by atoms with Gasteiger partial charge in [0.25, 0.3) is 0 Å². The molecule has 0 bridgehead atoms. The second-order valence-electron chi connectivity index (χ2n) is 3.66. The molecule has 1 N–H and O–H groups in total. The molecule has 0 atom stereocenters. The van der Waals surface area contributed by atoms with Crippen molar-refractivity contribution in [3.8, 4) is 5.82 Å². The second kappa shape index (κ2) is 6.00. The fraction of sp³-hybridized carbons (Fsp3) is 0.273. The van der Waals surface area contributed by atoms with E-state index in [0.29, 0.717) is 0 Å². The van der Waals surface area contributed by atoms with Crippen LogP contribution in [0.5, 0.6) is 0 Å². The molecular weight excluding hydrogens is 259 g/mol. The lowest BCUT2D eigenvalue weighted by Gasteiger charge is -2.09. The maximum atomic E-state index is 4.54. The minimum Gasteiger partial charge on any atom is -0.312 e. The first-order chi connectivity index (χ1) is 7.43. The van der Waals surface area contributed by atoms with E-state index >= 15 is 0 Å². The highest BCUT2D eigenvalue weighted by molar-refractivity contribution is 5.85. The summed E-state index contributed by atoms with van der Waals surface area (Å²) in [4.78, 5) is 4.27. The van der Waals surface area contributed by atoms with Crippen molar-refractivity contribution in [2.24, 2.45) is 0 Å². The first kappa shape index (κ1) is 14.0. The highest BCUT2D eigenvalue weighted by Crippen LogP contribution is 2.13. The SMILES string of the molecule is Cl.Cl.c1ccc(-n2cc3c(n2)CCNC3)nc1. The molecule has 0 saturated carbocycles. The molecule has 0 unspecified atom stereocenters. The molecule has 92 valence electrons. The van der Waals surface area contributed by atoms with Crippen LogP contribution in [0.2, 0.25) is 0 Å². The van der Waals surface area contributed by atoms with Gasteiger partial charge in [-0.25, -0.2) is 9.67 Å². The van der Waals surface area contributed by atoms with Gasteiger partial charge >= 0.3 is 0 Å². The molecule has 17 heavy (non-hydrogen) atoms. The Morgan fingerprint density at radius 1 is 1.24 bits per heavy atom. The second-order valence-corrected chi connectivity index (χ2v) is 3.66. The molecule has 0 amide bonds. The number of fused-ring (bicyclic) bond motifs is 1. The van der Waals surface area contributed by atoms with E-state index in [1.54, 1.807) is 6.20 Å². The van der Waals surface area contributed by atoms with E-state index in [4.69, 9.17) is 0 Å². The summed E-state index contributed by atoms with van der Waals surface area (Å²) < 4.78 is 1.86. The Bertz CT molecular complexity index is 446. The molecule has 0 aromatic carbocycles. The zero-order valence-corrected chi connectivity index (χ0v) is 10.8. The van der Waals surface area contributed by atoms with E-state index in [2.05, 4.69) is 21.6 Å². The van der Waals surface area contributed by atoms with Crippen molar-refractivity contribution < 1.29 is 0 Å². The number of hydrogen-bond donors (Lipinski definition) is 1. The van der Waals surface area contributed by atoms with Crippen LogP contribution in [-0.2, 0) is 13.0 Å². The van der Waals surface area contributed by atoms with Crippen molar-refractivity contribution in [1.29, 1.82) is 0 Å². The average Bonchev–Trinajstić information content (AvgIpc) is 2.74. The molecule has 1 aliphatic heterocycles. The monoisotopic (exact) mass is 272 g/mol. The molecule has 0 spiro atoms. The van der Waals surface area contributed by atoms with Gasteiger partial charge in [0, 0.05) is 37.5 Å². The first-order valence-corrected chi connectivity index (χ1v) is 5.13. The summed E-state index contributed by atoms with van der Waals surface area (Å²) in [7, 11) is 0. The van der Waals surface area contributed by atoms with Crippen LogP contribution in [0.25, 0.3) is 5.82 Å². The molecule has 4 nitrogen and oxygen atoms in total. The van der Waals surface area contributed by atoms with Crippen LogP contribution >= 0.6 is 24.8 Å². The average molecular weight is 273 g/mol. The van der Waals surface area contributed by atoms with Crippen LogP contribution in [0, 0.1) is 0 Å². The van der Waals surface area contributed by atoms with E-state index in [1.165, 1.54) is 11.3 Å². The summed E-state index contributed by atoms with van der Waals surface area (Å²) in [5.41, 5.74) is 2.48. The Balaban J connectivity index is 0.000000722. The Morgan fingerprint density at radius 2 is 2.12 bits per heavy atom. The number of pyridine rings is 1. The van der Waals surface area contributed by atoms with E-state index in [9.17, 15) is 0 Å². The fourth-order valence-electron chi connectivity index (χ4n) is 1.84. The molecule has 0 saturated heterocycles.